The van der Waals surface area contributed by atoms with Crippen molar-refractivity contribution in [1.82, 2.24) is 9.80 Å². The molecular formula is C11H23N3O. The summed E-state index contributed by atoms with van der Waals surface area (Å²) in [6, 6.07) is 0. The second-order valence-corrected chi connectivity index (χ2v) is 4.48. The molecule has 0 aliphatic carbocycles. The zero-order valence-electron chi connectivity index (χ0n) is 9.91. The smallest absolute Gasteiger partial charge is 0.219 e. The Morgan fingerprint density at radius 1 is 1.33 bits per heavy atom. The van der Waals surface area contributed by atoms with Crippen molar-refractivity contribution in [2.75, 3.05) is 39.3 Å². The fraction of sp³-hybridized carbons (Fsp3) is 0.909. The number of nitrogens with zero attached hydrogens (tertiary/aromatic N) is 2. The first-order chi connectivity index (χ1) is 7.13. The predicted octanol–water partition coefficient (Wildman–Crippen LogP) is 0.135. The Morgan fingerprint density at radius 2 is 1.93 bits per heavy atom. The Morgan fingerprint density at radius 3 is 2.40 bits per heavy atom. The lowest BCUT2D eigenvalue weighted by Crippen LogP contribution is -2.48. The molecule has 0 aromatic rings. The summed E-state index contributed by atoms with van der Waals surface area (Å²) >= 11 is 0. The third kappa shape index (κ3) is 4.18. The molecule has 0 aromatic carbocycles. The molecule has 0 saturated carbocycles. The van der Waals surface area contributed by atoms with Crippen molar-refractivity contribution in [2.45, 2.75) is 20.3 Å². The normalized spacial score (nSPS) is 20.3. The van der Waals surface area contributed by atoms with Crippen molar-refractivity contribution in [3.63, 3.8) is 0 Å². The zero-order valence-corrected chi connectivity index (χ0v) is 9.91. The summed E-state index contributed by atoms with van der Waals surface area (Å²) in [7, 11) is 0. The van der Waals surface area contributed by atoms with Crippen LogP contribution in [-0.2, 0) is 4.79 Å². The van der Waals surface area contributed by atoms with Crippen molar-refractivity contribution in [2.24, 2.45) is 11.7 Å². The van der Waals surface area contributed by atoms with E-state index in [0.29, 0.717) is 5.92 Å². The summed E-state index contributed by atoms with van der Waals surface area (Å²) in [6.07, 6.45) is 1.16. The van der Waals surface area contributed by atoms with E-state index in [9.17, 15) is 4.79 Å². The Labute approximate surface area is 92.4 Å². The standard InChI is InChI=1S/C11H23N3O/c1-10(9-12)3-4-13-5-7-14(8-6-13)11(2)15/h10H,3-9,12H2,1-2H3. The summed E-state index contributed by atoms with van der Waals surface area (Å²) in [5.74, 6) is 0.806. The van der Waals surface area contributed by atoms with E-state index < -0.39 is 0 Å². The first-order valence-corrected chi connectivity index (χ1v) is 5.81. The van der Waals surface area contributed by atoms with Gasteiger partial charge in [0.2, 0.25) is 5.91 Å². The molecule has 1 saturated heterocycles. The lowest BCUT2D eigenvalue weighted by Gasteiger charge is -2.34. The van der Waals surface area contributed by atoms with E-state index >= 15 is 0 Å². The molecule has 1 amide bonds. The maximum Gasteiger partial charge on any atom is 0.219 e. The molecule has 1 aliphatic heterocycles. The first kappa shape index (κ1) is 12.5. The Balaban J connectivity index is 2.17. The van der Waals surface area contributed by atoms with Crippen LogP contribution in [0.25, 0.3) is 0 Å². The Hall–Kier alpha value is -0.610. The van der Waals surface area contributed by atoms with Crippen LogP contribution in [0.2, 0.25) is 0 Å². The third-order valence-corrected chi connectivity index (χ3v) is 3.16. The van der Waals surface area contributed by atoms with Crippen LogP contribution < -0.4 is 5.73 Å². The minimum absolute atomic E-state index is 0.199. The highest BCUT2D eigenvalue weighted by Gasteiger charge is 2.18. The zero-order chi connectivity index (χ0) is 11.3. The summed E-state index contributed by atoms with van der Waals surface area (Å²) in [5.41, 5.74) is 5.58. The molecule has 1 unspecified atom stereocenters. The number of hydrogen-bond acceptors (Lipinski definition) is 3. The van der Waals surface area contributed by atoms with E-state index in [4.69, 9.17) is 5.73 Å². The minimum atomic E-state index is 0.199. The number of hydrogen-bond donors (Lipinski definition) is 1. The number of rotatable bonds is 4. The number of carbonyl (C=O) groups excluding carboxylic acids is 1. The summed E-state index contributed by atoms with van der Waals surface area (Å²) in [6.45, 7) is 9.50. The van der Waals surface area contributed by atoms with Crippen LogP contribution in [0.15, 0.2) is 0 Å². The van der Waals surface area contributed by atoms with Crippen LogP contribution in [0.1, 0.15) is 20.3 Å². The fourth-order valence-electron chi connectivity index (χ4n) is 1.81. The van der Waals surface area contributed by atoms with Crippen LogP contribution in [0, 0.1) is 5.92 Å². The molecule has 0 spiro atoms. The lowest BCUT2D eigenvalue weighted by atomic mass is 10.1. The van der Waals surface area contributed by atoms with Gasteiger partial charge in [-0.3, -0.25) is 9.69 Å². The van der Waals surface area contributed by atoms with E-state index in [0.717, 1.165) is 45.7 Å². The first-order valence-electron chi connectivity index (χ1n) is 5.81. The molecule has 1 atom stereocenters. The van der Waals surface area contributed by atoms with Gasteiger partial charge in [-0.05, 0) is 25.4 Å². The molecule has 1 fully saturated rings. The fourth-order valence-corrected chi connectivity index (χ4v) is 1.81. The second-order valence-electron chi connectivity index (χ2n) is 4.48. The van der Waals surface area contributed by atoms with E-state index in [2.05, 4.69) is 11.8 Å². The van der Waals surface area contributed by atoms with Gasteiger partial charge in [0.1, 0.15) is 0 Å². The van der Waals surface area contributed by atoms with Gasteiger partial charge < -0.3 is 10.6 Å². The molecule has 0 radical (unpaired) electrons. The van der Waals surface area contributed by atoms with Crippen molar-refractivity contribution >= 4 is 5.91 Å². The van der Waals surface area contributed by atoms with E-state index in [1.807, 2.05) is 4.90 Å². The van der Waals surface area contributed by atoms with Gasteiger partial charge in [-0.2, -0.15) is 0 Å². The lowest BCUT2D eigenvalue weighted by molar-refractivity contribution is -0.130. The number of amides is 1. The van der Waals surface area contributed by atoms with Gasteiger partial charge in [-0.15, -0.1) is 0 Å². The summed E-state index contributed by atoms with van der Waals surface area (Å²) < 4.78 is 0. The van der Waals surface area contributed by atoms with Crippen LogP contribution in [0.4, 0.5) is 0 Å². The van der Waals surface area contributed by atoms with E-state index in [-0.39, 0.29) is 5.91 Å². The van der Waals surface area contributed by atoms with E-state index in [1.54, 1.807) is 6.92 Å². The van der Waals surface area contributed by atoms with Gasteiger partial charge in [0.05, 0.1) is 0 Å². The number of piperazine rings is 1. The third-order valence-electron chi connectivity index (χ3n) is 3.16. The molecule has 1 aliphatic rings. The van der Waals surface area contributed by atoms with Crippen molar-refractivity contribution in [1.29, 1.82) is 0 Å². The monoisotopic (exact) mass is 213 g/mol. The van der Waals surface area contributed by atoms with E-state index in [1.165, 1.54) is 0 Å². The molecule has 1 heterocycles. The van der Waals surface area contributed by atoms with Crippen LogP contribution in [-0.4, -0.2) is 55.0 Å². The average molecular weight is 213 g/mol. The molecule has 88 valence electrons. The van der Waals surface area contributed by atoms with Gasteiger partial charge in [0.15, 0.2) is 0 Å². The topological polar surface area (TPSA) is 49.6 Å². The molecular weight excluding hydrogens is 190 g/mol. The van der Waals surface area contributed by atoms with Gasteiger partial charge in [0.25, 0.3) is 0 Å². The van der Waals surface area contributed by atoms with Crippen molar-refractivity contribution < 1.29 is 4.79 Å². The predicted molar refractivity (Wildman–Crippen MR) is 61.5 cm³/mol. The second kappa shape index (κ2) is 6.08. The molecule has 4 nitrogen and oxygen atoms in total. The van der Waals surface area contributed by atoms with Gasteiger partial charge >= 0.3 is 0 Å². The van der Waals surface area contributed by atoms with Crippen LogP contribution in [0.5, 0.6) is 0 Å². The summed E-state index contributed by atoms with van der Waals surface area (Å²) in [5, 5.41) is 0. The molecule has 2 N–H and O–H groups in total. The number of nitrogens with two attached hydrogens (primary N) is 1. The maximum atomic E-state index is 11.1. The molecule has 0 bridgehead atoms. The quantitative estimate of drug-likeness (QED) is 0.722. The van der Waals surface area contributed by atoms with Crippen molar-refractivity contribution in [3.05, 3.63) is 0 Å². The molecule has 1 rings (SSSR count). The van der Waals surface area contributed by atoms with Crippen molar-refractivity contribution in [3.8, 4) is 0 Å². The van der Waals surface area contributed by atoms with Crippen LogP contribution in [0.3, 0.4) is 0 Å². The molecule has 4 heteroatoms. The highest BCUT2D eigenvalue weighted by atomic mass is 16.2. The maximum absolute atomic E-state index is 11.1. The largest absolute Gasteiger partial charge is 0.340 e. The SMILES string of the molecule is CC(=O)N1CCN(CCC(C)CN)CC1. The number of carbonyl (C=O) groups is 1. The average Bonchev–Trinajstić information content (AvgIpc) is 2.26. The van der Waals surface area contributed by atoms with Gasteiger partial charge in [-0.25, -0.2) is 0 Å². The summed E-state index contributed by atoms with van der Waals surface area (Å²) in [4.78, 5) is 15.5. The molecule has 15 heavy (non-hydrogen) atoms. The Kier molecular flexibility index (Phi) is 5.05. The molecule has 0 aromatic heterocycles. The highest BCUT2D eigenvalue weighted by Crippen LogP contribution is 2.06. The van der Waals surface area contributed by atoms with Gasteiger partial charge in [-0.1, -0.05) is 6.92 Å². The van der Waals surface area contributed by atoms with Crippen LogP contribution >= 0.6 is 0 Å². The Bertz CT molecular complexity index is 200. The minimum Gasteiger partial charge on any atom is -0.340 e. The highest BCUT2D eigenvalue weighted by molar-refractivity contribution is 5.73. The van der Waals surface area contributed by atoms with Gasteiger partial charge in [0, 0.05) is 33.1 Å².